The van der Waals surface area contributed by atoms with Crippen molar-refractivity contribution in [2.75, 3.05) is 0 Å². The van der Waals surface area contributed by atoms with Gasteiger partial charge in [-0.3, -0.25) is 0 Å². The number of hydrogen-bond acceptors (Lipinski definition) is 1. The first-order chi connectivity index (χ1) is 7.83. The van der Waals surface area contributed by atoms with E-state index in [1.165, 1.54) is 32.1 Å². The second-order valence-electron chi connectivity index (χ2n) is 4.97. The van der Waals surface area contributed by atoms with Crippen LogP contribution in [-0.2, 0) is 0 Å². The number of benzene rings is 1. The van der Waals surface area contributed by atoms with Gasteiger partial charge in [-0.05, 0) is 23.8 Å². The molecular formula is C15H22O. The summed E-state index contributed by atoms with van der Waals surface area (Å²) in [5.74, 6) is 1.19. The van der Waals surface area contributed by atoms with Gasteiger partial charge in [-0.1, -0.05) is 62.9 Å². The highest BCUT2D eigenvalue weighted by Crippen LogP contribution is 2.39. The monoisotopic (exact) mass is 218 g/mol. The molecule has 0 heterocycles. The molecule has 1 aliphatic carbocycles. The molecule has 1 saturated carbocycles. The van der Waals surface area contributed by atoms with E-state index in [1.807, 2.05) is 30.3 Å². The lowest BCUT2D eigenvalue weighted by atomic mass is 9.73. The first-order valence-corrected chi connectivity index (χ1v) is 6.56. The fourth-order valence-electron chi connectivity index (χ4n) is 3.06. The van der Waals surface area contributed by atoms with Crippen LogP contribution in [-0.4, -0.2) is 5.11 Å². The Morgan fingerprint density at radius 1 is 1.19 bits per heavy atom. The van der Waals surface area contributed by atoms with E-state index in [-0.39, 0.29) is 6.10 Å². The number of aliphatic hydroxyl groups excluding tert-OH is 1. The van der Waals surface area contributed by atoms with Crippen LogP contribution < -0.4 is 0 Å². The zero-order chi connectivity index (χ0) is 11.4. The highest BCUT2D eigenvalue weighted by Gasteiger charge is 2.30. The maximum Gasteiger partial charge on any atom is 0.0820 e. The van der Waals surface area contributed by atoms with Crippen molar-refractivity contribution in [2.45, 2.75) is 45.1 Å². The molecular weight excluding hydrogens is 196 g/mol. The molecule has 0 radical (unpaired) electrons. The second kappa shape index (κ2) is 5.49. The minimum atomic E-state index is -0.258. The fraction of sp³-hybridized carbons (Fsp3) is 0.600. The Kier molecular flexibility index (Phi) is 4.00. The van der Waals surface area contributed by atoms with Crippen molar-refractivity contribution in [2.24, 2.45) is 11.8 Å². The Morgan fingerprint density at radius 3 is 2.56 bits per heavy atom. The molecule has 1 aliphatic rings. The molecule has 1 nitrogen and oxygen atoms in total. The van der Waals surface area contributed by atoms with Crippen molar-refractivity contribution in [3.63, 3.8) is 0 Å². The van der Waals surface area contributed by atoms with Gasteiger partial charge in [0.1, 0.15) is 0 Å². The summed E-state index contributed by atoms with van der Waals surface area (Å²) in [4.78, 5) is 0. The fourth-order valence-corrected chi connectivity index (χ4v) is 3.06. The Labute approximate surface area is 98.5 Å². The summed E-state index contributed by atoms with van der Waals surface area (Å²) in [6.45, 7) is 2.25. The molecule has 0 aliphatic heterocycles. The summed E-state index contributed by atoms with van der Waals surface area (Å²) < 4.78 is 0. The van der Waals surface area contributed by atoms with Crippen molar-refractivity contribution < 1.29 is 5.11 Å². The summed E-state index contributed by atoms with van der Waals surface area (Å²) in [5.41, 5.74) is 1.09. The Hall–Kier alpha value is -0.820. The first-order valence-electron chi connectivity index (χ1n) is 6.56. The SMILES string of the molecule is CCC1CCCCC1C(O)c1ccccc1. The molecule has 2 rings (SSSR count). The zero-order valence-electron chi connectivity index (χ0n) is 10.1. The van der Waals surface area contributed by atoms with E-state index in [1.54, 1.807) is 0 Å². The number of rotatable bonds is 3. The third kappa shape index (κ3) is 2.46. The predicted molar refractivity (Wildman–Crippen MR) is 67.1 cm³/mol. The standard InChI is InChI=1S/C15H22O/c1-2-12-8-6-7-11-14(12)15(16)13-9-4-3-5-10-13/h3-5,9-10,12,14-16H,2,6-8,11H2,1H3. The van der Waals surface area contributed by atoms with Gasteiger partial charge in [0.15, 0.2) is 0 Å². The molecule has 0 bridgehead atoms. The zero-order valence-corrected chi connectivity index (χ0v) is 10.1. The molecule has 0 spiro atoms. The van der Waals surface area contributed by atoms with Crippen molar-refractivity contribution in [1.82, 2.24) is 0 Å². The molecule has 88 valence electrons. The van der Waals surface area contributed by atoms with Gasteiger partial charge in [-0.25, -0.2) is 0 Å². The van der Waals surface area contributed by atoms with E-state index in [0.717, 1.165) is 5.56 Å². The quantitative estimate of drug-likeness (QED) is 0.814. The average molecular weight is 218 g/mol. The minimum Gasteiger partial charge on any atom is -0.388 e. The molecule has 16 heavy (non-hydrogen) atoms. The normalized spacial score (nSPS) is 27.6. The number of hydrogen-bond donors (Lipinski definition) is 1. The average Bonchev–Trinajstić information content (AvgIpc) is 2.39. The van der Waals surface area contributed by atoms with Gasteiger partial charge in [0, 0.05) is 0 Å². The molecule has 0 amide bonds. The van der Waals surface area contributed by atoms with Gasteiger partial charge in [0.25, 0.3) is 0 Å². The van der Waals surface area contributed by atoms with Crippen molar-refractivity contribution in [3.05, 3.63) is 35.9 Å². The van der Waals surface area contributed by atoms with Crippen LogP contribution in [0.15, 0.2) is 30.3 Å². The molecule has 3 atom stereocenters. The lowest BCUT2D eigenvalue weighted by molar-refractivity contribution is 0.0452. The summed E-state index contributed by atoms with van der Waals surface area (Å²) in [5, 5.41) is 10.4. The van der Waals surface area contributed by atoms with Crippen LogP contribution in [0.3, 0.4) is 0 Å². The third-order valence-electron chi connectivity index (χ3n) is 4.04. The highest BCUT2D eigenvalue weighted by molar-refractivity contribution is 5.18. The molecule has 1 N–H and O–H groups in total. The predicted octanol–water partition coefficient (Wildman–Crippen LogP) is 3.94. The van der Waals surface area contributed by atoms with Crippen molar-refractivity contribution in [1.29, 1.82) is 0 Å². The maximum atomic E-state index is 10.4. The van der Waals surface area contributed by atoms with E-state index in [4.69, 9.17) is 0 Å². The van der Waals surface area contributed by atoms with Crippen LogP contribution in [0.1, 0.15) is 50.7 Å². The van der Waals surface area contributed by atoms with E-state index in [9.17, 15) is 5.11 Å². The van der Waals surface area contributed by atoms with E-state index >= 15 is 0 Å². The van der Waals surface area contributed by atoms with Crippen LogP contribution >= 0.6 is 0 Å². The summed E-state index contributed by atoms with van der Waals surface area (Å²) in [6, 6.07) is 10.1. The van der Waals surface area contributed by atoms with E-state index in [0.29, 0.717) is 11.8 Å². The smallest absolute Gasteiger partial charge is 0.0820 e. The molecule has 1 aromatic carbocycles. The van der Waals surface area contributed by atoms with E-state index in [2.05, 4.69) is 6.92 Å². The van der Waals surface area contributed by atoms with Gasteiger partial charge in [-0.2, -0.15) is 0 Å². The highest BCUT2D eigenvalue weighted by atomic mass is 16.3. The molecule has 3 unspecified atom stereocenters. The summed E-state index contributed by atoms with van der Waals surface area (Å²) in [6.07, 6.45) is 6.06. The Bertz CT molecular complexity index is 306. The summed E-state index contributed by atoms with van der Waals surface area (Å²) >= 11 is 0. The third-order valence-corrected chi connectivity index (χ3v) is 4.04. The van der Waals surface area contributed by atoms with Gasteiger partial charge < -0.3 is 5.11 Å². The van der Waals surface area contributed by atoms with Gasteiger partial charge in [0.05, 0.1) is 6.10 Å². The Morgan fingerprint density at radius 2 is 1.88 bits per heavy atom. The van der Waals surface area contributed by atoms with Crippen LogP contribution in [0, 0.1) is 11.8 Å². The topological polar surface area (TPSA) is 20.2 Å². The molecule has 1 fully saturated rings. The van der Waals surface area contributed by atoms with Gasteiger partial charge >= 0.3 is 0 Å². The number of aliphatic hydroxyl groups is 1. The van der Waals surface area contributed by atoms with Crippen LogP contribution in [0.5, 0.6) is 0 Å². The molecule has 0 saturated heterocycles. The minimum absolute atomic E-state index is 0.258. The first kappa shape index (κ1) is 11.7. The molecule has 1 heteroatoms. The van der Waals surface area contributed by atoms with Gasteiger partial charge in [-0.15, -0.1) is 0 Å². The van der Waals surface area contributed by atoms with Crippen LogP contribution in [0.25, 0.3) is 0 Å². The van der Waals surface area contributed by atoms with E-state index < -0.39 is 0 Å². The summed E-state index contributed by atoms with van der Waals surface area (Å²) in [7, 11) is 0. The maximum absolute atomic E-state index is 10.4. The van der Waals surface area contributed by atoms with Crippen LogP contribution in [0.4, 0.5) is 0 Å². The van der Waals surface area contributed by atoms with Crippen LogP contribution in [0.2, 0.25) is 0 Å². The molecule has 0 aromatic heterocycles. The lowest BCUT2D eigenvalue weighted by Gasteiger charge is -2.34. The molecule has 1 aromatic rings. The second-order valence-corrected chi connectivity index (χ2v) is 4.97. The van der Waals surface area contributed by atoms with Gasteiger partial charge in [0.2, 0.25) is 0 Å². The van der Waals surface area contributed by atoms with Crippen molar-refractivity contribution >= 4 is 0 Å². The largest absolute Gasteiger partial charge is 0.388 e. The lowest BCUT2D eigenvalue weighted by Crippen LogP contribution is -2.25. The van der Waals surface area contributed by atoms with Crippen molar-refractivity contribution in [3.8, 4) is 0 Å². The Balaban J connectivity index is 2.10.